The van der Waals surface area contributed by atoms with Crippen LogP contribution in [0.2, 0.25) is 0 Å². The highest BCUT2D eigenvalue weighted by atomic mass is 32.2. The lowest BCUT2D eigenvalue weighted by molar-refractivity contribution is 0.102. The van der Waals surface area contributed by atoms with E-state index in [1.54, 1.807) is 30.0 Å². The predicted octanol–water partition coefficient (Wildman–Crippen LogP) is 4.82. The summed E-state index contributed by atoms with van der Waals surface area (Å²) < 4.78 is 0. The number of Topliss-reactive ketones (excluding diaryl/α,β-unsaturated/α-hetero) is 1. The zero-order valence-corrected chi connectivity index (χ0v) is 13.3. The molecule has 1 aliphatic rings. The predicted molar refractivity (Wildman–Crippen MR) is 84.8 cm³/mol. The standard InChI is InChI=1S/C16H17NOS2/c1-10-3-7-13(8-4-10)19-9-14-17-15(12-5-6-12)16(20-14)11(2)18/h3-4,7-8,12H,5-6,9H2,1-2H3. The number of ketones is 1. The van der Waals surface area contributed by atoms with Crippen molar-refractivity contribution in [2.24, 2.45) is 0 Å². The van der Waals surface area contributed by atoms with Crippen LogP contribution < -0.4 is 0 Å². The average molecular weight is 303 g/mol. The van der Waals surface area contributed by atoms with E-state index in [2.05, 4.69) is 31.2 Å². The van der Waals surface area contributed by atoms with E-state index in [1.165, 1.54) is 23.3 Å². The zero-order valence-electron chi connectivity index (χ0n) is 11.7. The SMILES string of the molecule is CC(=O)c1sc(CSc2ccc(C)cc2)nc1C1CC1. The molecule has 0 saturated heterocycles. The van der Waals surface area contributed by atoms with Gasteiger partial charge < -0.3 is 0 Å². The van der Waals surface area contributed by atoms with Gasteiger partial charge in [-0.15, -0.1) is 23.1 Å². The second-order valence-corrected chi connectivity index (χ2v) is 7.39. The number of thiazole rings is 1. The summed E-state index contributed by atoms with van der Waals surface area (Å²) in [6.07, 6.45) is 2.38. The van der Waals surface area contributed by atoms with Crippen LogP contribution in [0.3, 0.4) is 0 Å². The molecule has 4 heteroatoms. The van der Waals surface area contributed by atoms with Crippen molar-refractivity contribution in [3.8, 4) is 0 Å². The number of benzene rings is 1. The van der Waals surface area contributed by atoms with Gasteiger partial charge in [0.25, 0.3) is 0 Å². The van der Waals surface area contributed by atoms with Crippen molar-refractivity contribution < 1.29 is 4.79 Å². The fraction of sp³-hybridized carbons (Fsp3) is 0.375. The summed E-state index contributed by atoms with van der Waals surface area (Å²) in [5.41, 5.74) is 2.33. The normalized spacial score (nSPS) is 14.5. The minimum absolute atomic E-state index is 0.163. The second kappa shape index (κ2) is 5.70. The van der Waals surface area contributed by atoms with Gasteiger partial charge in [-0.1, -0.05) is 17.7 Å². The molecule has 0 unspecified atom stereocenters. The van der Waals surface area contributed by atoms with E-state index in [1.807, 2.05) is 0 Å². The molecule has 1 aromatic carbocycles. The minimum atomic E-state index is 0.163. The molecule has 1 fully saturated rings. The maximum atomic E-state index is 11.7. The summed E-state index contributed by atoms with van der Waals surface area (Å²) in [5.74, 6) is 1.56. The summed E-state index contributed by atoms with van der Waals surface area (Å²) >= 11 is 3.36. The third-order valence-corrected chi connectivity index (χ3v) is 5.74. The fourth-order valence-electron chi connectivity index (χ4n) is 2.11. The first-order chi connectivity index (χ1) is 9.63. The molecule has 1 saturated carbocycles. The molecule has 1 aromatic heterocycles. The number of carbonyl (C=O) groups excluding carboxylic acids is 1. The molecule has 0 amide bonds. The molecule has 0 spiro atoms. The van der Waals surface area contributed by atoms with E-state index in [0.29, 0.717) is 5.92 Å². The summed E-state index contributed by atoms with van der Waals surface area (Å²) in [4.78, 5) is 18.5. The summed E-state index contributed by atoms with van der Waals surface area (Å²) in [7, 11) is 0. The molecule has 1 heterocycles. The Balaban J connectivity index is 1.72. The van der Waals surface area contributed by atoms with Crippen molar-refractivity contribution in [3.05, 3.63) is 45.4 Å². The van der Waals surface area contributed by atoms with Crippen molar-refractivity contribution in [2.75, 3.05) is 0 Å². The number of carbonyl (C=O) groups is 1. The largest absolute Gasteiger partial charge is 0.294 e. The fourth-order valence-corrected chi connectivity index (χ4v) is 4.04. The van der Waals surface area contributed by atoms with Gasteiger partial charge in [-0.05, 0) is 31.9 Å². The minimum Gasteiger partial charge on any atom is -0.294 e. The van der Waals surface area contributed by atoms with Gasteiger partial charge in [0.1, 0.15) is 5.01 Å². The first-order valence-electron chi connectivity index (χ1n) is 6.83. The number of thioether (sulfide) groups is 1. The van der Waals surface area contributed by atoms with Crippen molar-refractivity contribution in [2.45, 2.75) is 43.3 Å². The van der Waals surface area contributed by atoms with Crippen molar-refractivity contribution in [3.63, 3.8) is 0 Å². The van der Waals surface area contributed by atoms with Gasteiger partial charge in [0, 0.05) is 17.7 Å². The van der Waals surface area contributed by atoms with Crippen molar-refractivity contribution >= 4 is 28.9 Å². The maximum absolute atomic E-state index is 11.7. The Kier molecular flexibility index (Phi) is 3.94. The molecule has 2 aromatic rings. The summed E-state index contributed by atoms with van der Waals surface area (Å²) in [6.45, 7) is 3.74. The number of aromatic nitrogens is 1. The highest BCUT2D eigenvalue weighted by Gasteiger charge is 2.30. The van der Waals surface area contributed by atoms with Crippen LogP contribution in [0, 0.1) is 6.92 Å². The quantitative estimate of drug-likeness (QED) is 0.585. The lowest BCUT2D eigenvalue weighted by Gasteiger charge is -1.99. The van der Waals surface area contributed by atoms with E-state index in [-0.39, 0.29) is 5.78 Å². The van der Waals surface area contributed by atoms with Gasteiger partial charge in [0.2, 0.25) is 0 Å². The molecule has 0 N–H and O–H groups in total. The first kappa shape index (κ1) is 13.8. The molecular weight excluding hydrogens is 286 g/mol. The smallest absolute Gasteiger partial charge is 0.171 e. The number of hydrogen-bond donors (Lipinski definition) is 0. The monoisotopic (exact) mass is 303 g/mol. The van der Waals surface area contributed by atoms with Crippen LogP contribution in [0.15, 0.2) is 29.2 Å². The van der Waals surface area contributed by atoms with Crippen LogP contribution in [-0.4, -0.2) is 10.8 Å². The Morgan fingerprint density at radius 2 is 2.05 bits per heavy atom. The van der Waals surface area contributed by atoms with Gasteiger partial charge >= 0.3 is 0 Å². The van der Waals surface area contributed by atoms with Crippen LogP contribution in [0.25, 0.3) is 0 Å². The van der Waals surface area contributed by atoms with Crippen molar-refractivity contribution in [1.82, 2.24) is 4.98 Å². The number of rotatable bonds is 5. The Labute approximate surface area is 127 Å². The van der Waals surface area contributed by atoms with Crippen LogP contribution in [-0.2, 0) is 5.75 Å². The molecule has 0 aliphatic heterocycles. The Morgan fingerprint density at radius 3 is 2.65 bits per heavy atom. The maximum Gasteiger partial charge on any atom is 0.171 e. The Hall–Kier alpha value is -1.13. The van der Waals surface area contributed by atoms with E-state index in [9.17, 15) is 4.79 Å². The van der Waals surface area contributed by atoms with Crippen molar-refractivity contribution in [1.29, 1.82) is 0 Å². The first-order valence-corrected chi connectivity index (χ1v) is 8.63. The lowest BCUT2D eigenvalue weighted by atomic mass is 10.2. The zero-order chi connectivity index (χ0) is 14.1. The lowest BCUT2D eigenvalue weighted by Crippen LogP contribution is -1.93. The van der Waals surface area contributed by atoms with E-state index < -0.39 is 0 Å². The Bertz CT molecular complexity index is 626. The number of hydrogen-bond acceptors (Lipinski definition) is 4. The number of nitrogens with zero attached hydrogens (tertiary/aromatic N) is 1. The van der Waals surface area contributed by atoms with Crippen LogP contribution in [0.1, 0.15) is 51.6 Å². The molecule has 1 aliphatic carbocycles. The van der Waals surface area contributed by atoms with Gasteiger partial charge in [-0.3, -0.25) is 4.79 Å². The molecule has 2 nitrogen and oxygen atoms in total. The highest BCUT2D eigenvalue weighted by Crippen LogP contribution is 2.43. The Morgan fingerprint density at radius 1 is 1.35 bits per heavy atom. The van der Waals surface area contributed by atoms with Crippen LogP contribution >= 0.6 is 23.1 Å². The molecule has 0 bridgehead atoms. The molecule has 3 rings (SSSR count). The molecule has 104 valence electrons. The molecule has 20 heavy (non-hydrogen) atoms. The summed E-state index contributed by atoms with van der Waals surface area (Å²) in [6, 6.07) is 8.53. The van der Waals surface area contributed by atoms with Gasteiger partial charge in [-0.2, -0.15) is 0 Å². The third kappa shape index (κ3) is 3.13. The highest BCUT2D eigenvalue weighted by molar-refractivity contribution is 7.98. The van der Waals surface area contributed by atoms with E-state index in [4.69, 9.17) is 4.98 Å². The summed E-state index contributed by atoms with van der Waals surface area (Å²) in [5, 5.41) is 1.07. The van der Waals surface area contributed by atoms with E-state index >= 15 is 0 Å². The average Bonchev–Trinajstić information content (AvgIpc) is 3.18. The van der Waals surface area contributed by atoms with Gasteiger partial charge in [0.05, 0.1) is 16.3 Å². The molecular formula is C16H17NOS2. The molecule has 0 radical (unpaired) electrons. The van der Waals surface area contributed by atoms with E-state index in [0.717, 1.165) is 21.3 Å². The number of aryl methyl sites for hydroxylation is 1. The second-order valence-electron chi connectivity index (χ2n) is 5.25. The molecule has 0 atom stereocenters. The third-order valence-electron chi connectivity index (χ3n) is 3.36. The topological polar surface area (TPSA) is 30.0 Å². The van der Waals surface area contributed by atoms with Crippen LogP contribution in [0.5, 0.6) is 0 Å². The van der Waals surface area contributed by atoms with Crippen LogP contribution in [0.4, 0.5) is 0 Å². The van der Waals surface area contributed by atoms with Gasteiger partial charge in [0.15, 0.2) is 5.78 Å². The van der Waals surface area contributed by atoms with Gasteiger partial charge in [-0.25, -0.2) is 4.98 Å².